The van der Waals surface area contributed by atoms with Crippen molar-refractivity contribution < 1.29 is 23.8 Å². The molecular weight excluding hydrogens is 444 g/mol. The zero-order chi connectivity index (χ0) is 24.5. The Bertz CT molecular complexity index is 1270. The molecular formula is C28H28N2O5. The number of para-hydroxylation sites is 2. The van der Waals surface area contributed by atoms with E-state index in [1.165, 1.54) is 0 Å². The third-order valence-corrected chi connectivity index (χ3v) is 5.70. The normalized spacial score (nSPS) is 11.6. The highest BCUT2D eigenvalue weighted by atomic mass is 16.6. The molecule has 1 amide bonds. The number of aromatic nitrogens is 1. The molecule has 2 N–H and O–H groups in total. The predicted octanol–water partition coefficient (Wildman–Crippen LogP) is 4.80. The first kappa shape index (κ1) is 23.9. The zero-order valence-electron chi connectivity index (χ0n) is 19.5. The molecule has 0 fully saturated rings. The minimum Gasteiger partial charge on any atom is -0.496 e. The number of carbonyl (C=O) groups is 2. The molecule has 3 aromatic carbocycles. The van der Waals surface area contributed by atoms with Crippen molar-refractivity contribution in [1.29, 1.82) is 0 Å². The molecule has 7 heteroatoms. The molecule has 0 aliphatic rings. The Morgan fingerprint density at radius 2 is 1.63 bits per heavy atom. The van der Waals surface area contributed by atoms with E-state index in [9.17, 15) is 9.59 Å². The first-order chi connectivity index (χ1) is 17.1. The molecule has 1 aromatic heterocycles. The van der Waals surface area contributed by atoms with E-state index in [1.807, 2.05) is 85.1 Å². The topological polar surface area (TPSA) is 89.7 Å². The van der Waals surface area contributed by atoms with Crippen LogP contribution < -0.4 is 10.1 Å². The fourth-order valence-electron chi connectivity index (χ4n) is 3.89. The fraction of sp³-hybridized carbons (Fsp3) is 0.214. The maximum Gasteiger partial charge on any atom is 0.407 e. The lowest BCUT2D eigenvalue weighted by atomic mass is 10.1. The van der Waals surface area contributed by atoms with Gasteiger partial charge in [0.15, 0.2) is 0 Å². The summed E-state index contributed by atoms with van der Waals surface area (Å²) >= 11 is 0. The van der Waals surface area contributed by atoms with Crippen LogP contribution in [-0.4, -0.2) is 36.8 Å². The molecule has 1 heterocycles. The second kappa shape index (κ2) is 11.7. The molecule has 7 nitrogen and oxygen atoms in total. The average molecular weight is 473 g/mol. The molecule has 0 saturated heterocycles. The van der Waals surface area contributed by atoms with E-state index in [-0.39, 0.29) is 19.6 Å². The standard InChI is InChI=1S/C28H28N2O5/c1-33-26-14-8-5-11-21(26)15-16-34-28(32)30-25(27(31)35-19-20-9-3-2-4-10-20)17-22-18-29-24-13-7-6-12-23(22)24/h2-14,18,25,29H,15-17,19H2,1H3,(H,30,32). The molecule has 4 aromatic rings. The number of hydrogen-bond donors (Lipinski definition) is 2. The van der Waals surface area contributed by atoms with Gasteiger partial charge in [-0.2, -0.15) is 0 Å². The number of amides is 1. The minimum atomic E-state index is -0.906. The van der Waals surface area contributed by atoms with E-state index in [2.05, 4.69) is 10.3 Å². The molecule has 180 valence electrons. The molecule has 4 rings (SSSR count). The SMILES string of the molecule is COc1ccccc1CCOC(=O)NC(Cc1c[nH]c2ccccc12)C(=O)OCc1ccccc1. The molecule has 0 aliphatic heterocycles. The van der Waals surface area contributed by atoms with Crippen molar-refractivity contribution in [3.8, 4) is 5.75 Å². The molecule has 35 heavy (non-hydrogen) atoms. The largest absolute Gasteiger partial charge is 0.496 e. The number of carbonyl (C=O) groups excluding carboxylic acids is 2. The monoisotopic (exact) mass is 472 g/mol. The van der Waals surface area contributed by atoms with Gasteiger partial charge in [-0.25, -0.2) is 9.59 Å². The average Bonchev–Trinajstić information content (AvgIpc) is 3.30. The highest BCUT2D eigenvalue weighted by molar-refractivity contribution is 5.86. The van der Waals surface area contributed by atoms with Gasteiger partial charge in [0.2, 0.25) is 0 Å². The number of nitrogens with one attached hydrogen (secondary N) is 2. The number of esters is 1. The first-order valence-corrected chi connectivity index (χ1v) is 11.4. The number of methoxy groups -OCH3 is 1. The summed E-state index contributed by atoms with van der Waals surface area (Å²) in [5.74, 6) is 0.207. The Balaban J connectivity index is 1.41. The van der Waals surface area contributed by atoms with E-state index in [0.717, 1.165) is 33.3 Å². The van der Waals surface area contributed by atoms with Crippen molar-refractivity contribution >= 4 is 23.0 Å². The summed E-state index contributed by atoms with van der Waals surface area (Å²) in [6, 6.07) is 23.9. The number of rotatable bonds is 10. The quantitative estimate of drug-likeness (QED) is 0.324. The van der Waals surface area contributed by atoms with Crippen molar-refractivity contribution in [1.82, 2.24) is 10.3 Å². The number of ether oxygens (including phenoxy) is 3. The maximum absolute atomic E-state index is 13.0. The van der Waals surface area contributed by atoms with Crippen LogP contribution in [0.15, 0.2) is 85.1 Å². The lowest BCUT2D eigenvalue weighted by molar-refractivity contribution is -0.147. The number of fused-ring (bicyclic) bond motifs is 1. The highest BCUT2D eigenvalue weighted by Crippen LogP contribution is 2.20. The molecule has 0 bridgehead atoms. The van der Waals surface area contributed by atoms with Gasteiger partial charge in [-0.1, -0.05) is 66.7 Å². The van der Waals surface area contributed by atoms with Crippen LogP contribution in [0.5, 0.6) is 5.75 Å². The lowest BCUT2D eigenvalue weighted by Gasteiger charge is -2.18. The molecule has 0 spiro atoms. The van der Waals surface area contributed by atoms with Gasteiger partial charge in [-0.3, -0.25) is 0 Å². The number of aromatic amines is 1. The molecule has 1 unspecified atom stereocenters. The summed E-state index contributed by atoms with van der Waals surface area (Å²) in [5.41, 5.74) is 3.65. The smallest absolute Gasteiger partial charge is 0.407 e. The van der Waals surface area contributed by atoms with Crippen molar-refractivity contribution in [3.63, 3.8) is 0 Å². The van der Waals surface area contributed by atoms with Crippen molar-refractivity contribution in [2.45, 2.75) is 25.5 Å². The maximum atomic E-state index is 13.0. The van der Waals surface area contributed by atoms with Crippen LogP contribution in [0.2, 0.25) is 0 Å². The van der Waals surface area contributed by atoms with Crippen LogP contribution in [0.1, 0.15) is 16.7 Å². The number of alkyl carbamates (subject to hydrolysis) is 1. The van der Waals surface area contributed by atoms with E-state index in [0.29, 0.717) is 6.42 Å². The Hall–Kier alpha value is -4.26. The van der Waals surface area contributed by atoms with Crippen LogP contribution in [0, 0.1) is 0 Å². The number of H-pyrrole nitrogens is 1. The fourth-order valence-corrected chi connectivity index (χ4v) is 3.89. The summed E-state index contributed by atoms with van der Waals surface area (Å²) in [6.45, 7) is 0.264. The van der Waals surface area contributed by atoms with Crippen LogP contribution in [0.25, 0.3) is 10.9 Å². The van der Waals surface area contributed by atoms with Gasteiger partial charge in [0.25, 0.3) is 0 Å². The Morgan fingerprint density at radius 3 is 2.46 bits per heavy atom. The van der Waals surface area contributed by atoms with E-state index < -0.39 is 18.1 Å². The summed E-state index contributed by atoms with van der Waals surface area (Å²) in [6.07, 6.45) is 1.92. The second-order valence-electron chi connectivity index (χ2n) is 8.05. The second-order valence-corrected chi connectivity index (χ2v) is 8.05. The van der Waals surface area contributed by atoms with Gasteiger partial charge < -0.3 is 24.5 Å². The Labute approximate surface area is 204 Å². The first-order valence-electron chi connectivity index (χ1n) is 11.4. The highest BCUT2D eigenvalue weighted by Gasteiger charge is 2.25. The summed E-state index contributed by atoms with van der Waals surface area (Å²) in [4.78, 5) is 28.8. The molecule has 0 radical (unpaired) electrons. The molecule has 1 atom stereocenters. The zero-order valence-corrected chi connectivity index (χ0v) is 19.5. The van der Waals surface area contributed by atoms with Crippen LogP contribution in [-0.2, 0) is 33.7 Å². The van der Waals surface area contributed by atoms with E-state index in [1.54, 1.807) is 7.11 Å². The summed E-state index contributed by atoms with van der Waals surface area (Å²) in [5, 5.41) is 3.68. The summed E-state index contributed by atoms with van der Waals surface area (Å²) < 4.78 is 16.2. The van der Waals surface area contributed by atoms with Gasteiger partial charge in [0.1, 0.15) is 18.4 Å². The minimum absolute atomic E-state index is 0.120. The van der Waals surface area contributed by atoms with Gasteiger partial charge in [0, 0.05) is 29.9 Å². The van der Waals surface area contributed by atoms with Crippen molar-refractivity contribution in [2.24, 2.45) is 0 Å². The van der Waals surface area contributed by atoms with Crippen molar-refractivity contribution in [2.75, 3.05) is 13.7 Å². The van der Waals surface area contributed by atoms with E-state index in [4.69, 9.17) is 14.2 Å². The van der Waals surface area contributed by atoms with Crippen molar-refractivity contribution in [3.05, 3.63) is 102 Å². The molecule has 0 saturated carbocycles. The Morgan fingerprint density at radius 1 is 0.886 bits per heavy atom. The number of hydrogen-bond acceptors (Lipinski definition) is 5. The van der Waals surface area contributed by atoms with Gasteiger partial charge in [0.05, 0.1) is 13.7 Å². The predicted molar refractivity (Wildman–Crippen MR) is 133 cm³/mol. The summed E-state index contributed by atoms with van der Waals surface area (Å²) in [7, 11) is 1.60. The lowest BCUT2D eigenvalue weighted by Crippen LogP contribution is -2.43. The van der Waals surface area contributed by atoms with Crippen LogP contribution in [0.4, 0.5) is 4.79 Å². The third kappa shape index (κ3) is 6.41. The number of benzene rings is 3. The van der Waals surface area contributed by atoms with Crippen LogP contribution in [0.3, 0.4) is 0 Å². The molecule has 0 aliphatic carbocycles. The Kier molecular flexibility index (Phi) is 8.01. The van der Waals surface area contributed by atoms with Gasteiger partial charge in [-0.05, 0) is 28.8 Å². The third-order valence-electron chi connectivity index (χ3n) is 5.70. The van der Waals surface area contributed by atoms with Gasteiger partial charge >= 0.3 is 12.1 Å². The van der Waals surface area contributed by atoms with E-state index >= 15 is 0 Å². The van der Waals surface area contributed by atoms with Gasteiger partial charge in [-0.15, -0.1) is 0 Å². The van der Waals surface area contributed by atoms with Crippen LogP contribution >= 0.6 is 0 Å².